The Morgan fingerprint density at radius 1 is 0.792 bits per heavy atom. The van der Waals surface area contributed by atoms with Gasteiger partial charge in [0.05, 0.1) is 59.5 Å². The van der Waals surface area contributed by atoms with E-state index in [9.17, 15) is 24.0 Å². The Kier molecular flexibility index (Phi) is 27.8. The van der Waals surface area contributed by atoms with Crippen molar-refractivity contribution in [3.8, 4) is 0 Å². The van der Waals surface area contributed by atoms with Crippen LogP contribution in [0.3, 0.4) is 0 Å². The molecule has 0 fully saturated rings. The van der Waals surface area contributed by atoms with Crippen LogP contribution in [0.2, 0.25) is 0 Å². The van der Waals surface area contributed by atoms with Gasteiger partial charge in [0.1, 0.15) is 5.78 Å². The fourth-order valence-corrected chi connectivity index (χ4v) is 5.17. The summed E-state index contributed by atoms with van der Waals surface area (Å²) in [6.07, 6.45) is 0.917. The van der Waals surface area contributed by atoms with Gasteiger partial charge in [-0.25, -0.2) is 10.3 Å². The van der Waals surface area contributed by atoms with Crippen molar-refractivity contribution in [2.24, 2.45) is 23.5 Å². The van der Waals surface area contributed by atoms with Crippen LogP contribution in [-0.4, -0.2) is 111 Å². The van der Waals surface area contributed by atoms with Crippen LogP contribution in [0, 0.1) is 17.8 Å². The van der Waals surface area contributed by atoms with Crippen LogP contribution in [0.25, 0.3) is 0 Å². The summed E-state index contributed by atoms with van der Waals surface area (Å²) in [5, 5.41) is 5.38. The van der Waals surface area contributed by atoms with Crippen LogP contribution in [0.4, 0.5) is 9.59 Å². The van der Waals surface area contributed by atoms with Crippen molar-refractivity contribution in [2.75, 3.05) is 77.5 Å². The average Bonchev–Trinajstić information content (AvgIpc) is 3.12. The second-order valence-electron chi connectivity index (χ2n) is 13.1. The van der Waals surface area contributed by atoms with Crippen LogP contribution >= 0.6 is 0 Å². The van der Waals surface area contributed by atoms with Crippen molar-refractivity contribution >= 4 is 27.5 Å². The van der Waals surface area contributed by atoms with Gasteiger partial charge in [-0.05, 0) is 11.8 Å². The van der Waals surface area contributed by atoms with Crippen LogP contribution in [0.1, 0.15) is 64.5 Å². The summed E-state index contributed by atoms with van der Waals surface area (Å²) in [4.78, 5) is 69.4. The summed E-state index contributed by atoms with van der Waals surface area (Å²) in [7, 11) is 0. The molecule has 0 aliphatic heterocycles. The topological polar surface area (TPSA) is 203 Å². The van der Waals surface area contributed by atoms with Gasteiger partial charge in [0.15, 0.2) is 0 Å². The standard InChI is InChI=1S/C37H62IN4O11/c1-27(2)25-41-53-22-21-51-20-19-50-18-17-49-16-15-48-14-12-31(43)24-32(28(3)4)35(45)42-33(7-6-13-40-37(39)47)34(44)23-29-8-10-30(11-9-29)26-52-36(46)38-5/h8-11,27-28,32-33,41H,6-7,12-26H2,1-5H3,(H,42,45)(H3,39,40,47)/q-1/t32-,33-/m0/s1. The van der Waals surface area contributed by atoms with E-state index in [-0.39, 0.29) is 72.8 Å². The maximum absolute atomic E-state index is 13.5. The molecule has 304 valence electrons. The molecule has 1 aromatic rings. The minimum absolute atomic E-state index is 0.0165. The third-order valence-corrected chi connectivity index (χ3v) is 8.93. The van der Waals surface area contributed by atoms with Gasteiger partial charge in [0.25, 0.3) is 0 Å². The Labute approximate surface area is 325 Å². The van der Waals surface area contributed by atoms with E-state index in [1.165, 1.54) is 0 Å². The molecule has 0 unspecified atom stereocenters. The van der Waals surface area contributed by atoms with Gasteiger partial charge >= 0.3 is 135 Å². The molecule has 3 amide bonds. The van der Waals surface area contributed by atoms with E-state index in [2.05, 4.69) is 30.0 Å². The van der Waals surface area contributed by atoms with Gasteiger partial charge in [-0.2, -0.15) is 0 Å². The van der Waals surface area contributed by atoms with E-state index in [0.29, 0.717) is 65.2 Å². The Hall–Kier alpha value is -2.74. The molecule has 0 aliphatic rings. The molecular formula is C37H62IN4O11-. The molecule has 2 atom stereocenters. The average molecular weight is 866 g/mol. The zero-order valence-corrected chi connectivity index (χ0v) is 34.2. The predicted octanol–water partition coefficient (Wildman–Crippen LogP) is -0.0480. The van der Waals surface area contributed by atoms with Crippen LogP contribution in [-0.2, 0) is 55.9 Å². The number of alkyl halides is 1. The number of amides is 3. The van der Waals surface area contributed by atoms with Crippen molar-refractivity contribution in [2.45, 2.75) is 72.4 Å². The number of hydroxylamine groups is 1. The number of carbonyl (C=O) groups excluding carboxylic acids is 5. The summed E-state index contributed by atoms with van der Waals surface area (Å²) in [5.41, 5.74) is 9.60. The van der Waals surface area contributed by atoms with Crippen molar-refractivity contribution in [3.63, 3.8) is 0 Å². The van der Waals surface area contributed by atoms with E-state index in [0.717, 1.165) is 17.7 Å². The quantitative estimate of drug-likeness (QED) is 0.0242. The Bertz CT molecular complexity index is 1190. The van der Waals surface area contributed by atoms with Crippen LogP contribution in [0.5, 0.6) is 0 Å². The van der Waals surface area contributed by atoms with E-state index in [1.807, 2.05) is 18.8 Å². The molecule has 0 heterocycles. The van der Waals surface area contributed by atoms with Crippen LogP contribution < -0.4 is 43.1 Å². The first-order valence-corrected chi connectivity index (χ1v) is 21.4. The summed E-state index contributed by atoms with van der Waals surface area (Å²) < 4.78 is 27.0. The molecule has 5 N–H and O–H groups in total. The molecule has 0 aromatic heterocycles. The number of carbonyl (C=O) groups is 5. The van der Waals surface area contributed by atoms with Gasteiger partial charge in [-0.3, -0.25) is 14.4 Å². The third-order valence-electron chi connectivity index (χ3n) is 7.74. The first-order valence-electron chi connectivity index (χ1n) is 18.2. The maximum atomic E-state index is 13.5. The Balaban J connectivity index is 2.43. The number of nitrogens with two attached hydrogens (primary N) is 1. The van der Waals surface area contributed by atoms with Gasteiger partial charge in [-0.15, -0.1) is 0 Å². The molecule has 1 rings (SSSR count). The molecule has 16 heteroatoms. The zero-order valence-electron chi connectivity index (χ0n) is 32.1. The molecule has 0 aliphatic carbocycles. The molecule has 1 aromatic carbocycles. The number of ketones is 2. The number of halogens is 1. The summed E-state index contributed by atoms with van der Waals surface area (Å²) >= 11 is -0.632. The number of nitrogens with one attached hydrogen (secondary N) is 3. The van der Waals surface area contributed by atoms with Gasteiger partial charge in [0.2, 0.25) is 0 Å². The number of primary amides is 1. The van der Waals surface area contributed by atoms with Crippen molar-refractivity contribution < 1.29 is 73.7 Å². The summed E-state index contributed by atoms with van der Waals surface area (Å²) in [6.45, 7) is 12.7. The number of urea groups is 1. The Morgan fingerprint density at radius 2 is 1.36 bits per heavy atom. The number of ether oxygens (including phenoxy) is 5. The monoisotopic (exact) mass is 865 g/mol. The number of benzene rings is 1. The predicted molar refractivity (Wildman–Crippen MR) is 195 cm³/mol. The first-order chi connectivity index (χ1) is 25.4. The van der Waals surface area contributed by atoms with Gasteiger partial charge in [-0.1, -0.05) is 27.7 Å². The molecule has 0 saturated carbocycles. The molecule has 0 saturated heterocycles. The van der Waals surface area contributed by atoms with Crippen molar-refractivity contribution in [1.82, 2.24) is 16.1 Å². The Morgan fingerprint density at radius 3 is 1.91 bits per heavy atom. The SMILES string of the molecule is C[I-]C(=O)OCc1ccc(CC(=O)[C@H](CCCNC(N)=O)NC(=O)[C@@H](CC(=O)CCOCCOCCOCCOCCONCC(C)C)C(C)C)cc1. The number of hydrogen-bond acceptors (Lipinski definition) is 12. The van der Waals surface area contributed by atoms with E-state index in [4.69, 9.17) is 34.3 Å². The fourth-order valence-electron chi connectivity index (χ4n) is 4.71. The van der Waals surface area contributed by atoms with Gasteiger partial charge < -0.3 is 30.0 Å². The zero-order chi connectivity index (χ0) is 39.3. The number of hydrogen-bond donors (Lipinski definition) is 4. The normalized spacial score (nSPS) is 12.5. The van der Waals surface area contributed by atoms with E-state index in [1.54, 1.807) is 24.3 Å². The second-order valence-corrected chi connectivity index (χ2v) is 15.0. The third kappa shape index (κ3) is 25.8. The number of Topliss-reactive ketones (excluding diaryl/α,β-unsaturated/α-hetero) is 2. The molecule has 53 heavy (non-hydrogen) atoms. The second kappa shape index (κ2) is 30.6. The van der Waals surface area contributed by atoms with E-state index >= 15 is 0 Å². The molecule has 0 spiro atoms. The molecular weight excluding hydrogens is 803 g/mol. The first kappa shape index (κ1) is 48.3. The van der Waals surface area contributed by atoms with Crippen molar-refractivity contribution in [1.29, 1.82) is 0 Å². The van der Waals surface area contributed by atoms with E-state index < -0.39 is 39.2 Å². The summed E-state index contributed by atoms with van der Waals surface area (Å²) in [6, 6.07) is 5.68. The number of rotatable bonds is 33. The summed E-state index contributed by atoms with van der Waals surface area (Å²) in [5.74, 6) is -0.971. The van der Waals surface area contributed by atoms with Crippen LogP contribution in [0.15, 0.2) is 24.3 Å². The van der Waals surface area contributed by atoms with Gasteiger partial charge in [0, 0.05) is 31.8 Å². The van der Waals surface area contributed by atoms with Crippen molar-refractivity contribution in [3.05, 3.63) is 35.4 Å². The molecule has 0 radical (unpaired) electrons. The molecule has 15 nitrogen and oxygen atoms in total. The fraction of sp³-hybridized carbons (Fsp3) is 0.703. The minimum atomic E-state index is -0.827. The molecule has 0 bridgehead atoms.